The monoisotopic (exact) mass is 412 g/mol. The van der Waals surface area contributed by atoms with Crippen LogP contribution < -0.4 is 20.5 Å². The Kier molecular flexibility index (Phi) is 5.34. The number of rotatable bonds is 6. The van der Waals surface area contributed by atoms with Crippen LogP contribution in [-0.2, 0) is 4.79 Å². The number of benzene rings is 2. The Hall–Kier alpha value is -3.53. The van der Waals surface area contributed by atoms with E-state index in [1.807, 2.05) is 18.2 Å². The number of hydrogen-bond acceptors (Lipinski definition) is 8. The summed E-state index contributed by atoms with van der Waals surface area (Å²) in [4.78, 5) is 23.2. The van der Waals surface area contributed by atoms with Crippen LogP contribution in [0, 0.1) is 0 Å². The van der Waals surface area contributed by atoms with Crippen molar-refractivity contribution in [1.29, 1.82) is 0 Å². The summed E-state index contributed by atoms with van der Waals surface area (Å²) in [5.41, 5.74) is 6.11. The van der Waals surface area contributed by atoms with Gasteiger partial charge in [0.15, 0.2) is 11.5 Å². The van der Waals surface area contributed by atoms with Crippen LogP contribution in [0.1, 0.15) is 22.4 Å². The average molecular weight is 412 g/mol. The number of carbonyl (C=O) groups is 2. The van der Waals surface area contributed by atoms with Gasteiger partial charge in [-0.05, 0) is 36.4 Å². The van der Waals surface area contributed by atoms with Gasteiger partial charge in [-0.25, -0.2) is 0 Å². The number of carbonyl (C=O) groups excluding carboxylic acids is 2. The van der Waals surface area contributed by atoms with Gasteiger partial charge in [0.2, 0.25) is 17.9 Å². The molecule has 2 heterocycles. The van der Waals surface area contributed by atoms with Crippen LogP contribution in [-0.4, -0.2) is 34.4 Å². The third-order valence-electron chi connectivity index (χ3n) is 3.99. The summed E-state index contributed by atoms with van der Waals surface area (Å²) < 4.78 is 17.0. The van der Waals surface area contributed by atoms with Gasteiger partial charge in [-0.15, -0.1) is 10.2 Å². The van der Waals surface area contributed by atoms with Gasteiger partial charge >= 0.3 is 0 Å². The van der Waals surface area contributed by atoms with Gasteiger partial charge in [-0.2, -0.15) is 0 Å². The van der Waals surface area contributed by atoms with Crippen molar-refractivity contribution >= 4 is 29.3 Å². The number of para-hydroxylation sites is 2. The van der Waals surface area contributed by atoms with Crippen LogP contribution >= 0.6 is 11.8 Å². The molecule has 0 aliphatic carbocycles. The van der Waals surface area contributed by atoms with E-state index in [9.17, 15) is 9.59 Å². The Morgan fingerprint density at radius 2 is 1.86 bits per heavy atom. The van der Waals surface area contributed by atoms with Crippen molar-refractivity contribution in [3.8, 4) is 11.5 Å². The number of nitrogens with two attached hydrogens (primary N) is 1. The molecular formula is C19H16N4O5S. The Morgan fingerprint density at radius 3 is 2.62 bits per heavy atom. The molecule has 3 N–H and O–H groups in total. The molecule has 1 aromatic heterocycles. The third-order valence-corrected chi connectivity index (χ3v) is 4.80. The predicted octanol–water partition coefficient (Wildman–Crippen LogP) is 2.41. The molecule has 1 atom stereocenters. The first kappa shape index (κ1) is 18.8. The molecule has 0 unspecified atom stereocenters. The maximum absolute atomic E-state index is 12.1. The number of thioether (sulfide) groups is 1. The fraction of sp³-hybridized carbons (Fsp3) is 0.158. The van der Waals surface area contributed by atoms with Crippen LogP contribution in [0.2, 0.25) is 0 Å². The van der Waals surface area contributed by atoms with Crippen LogP contribution in [0.25, 0.3) is 0 Å². The summed E-state index contributed by atoms with van der Waals surface area (Å²) in [7, 11) is 0. The Balaban J connectivity index is 1.30. The minimum atomic E-state index is -0.526. The molecule has 0 spiro atoms. The first-order valence-electron chi connectivity index (χ1n) is 8.63. The molecule has 4 rings (SSSR count). The van der Waals surface area contributed by atoms with Crippen molar-refractivity contribution < 1.29 is 23.5 Å². The summed E-state index contributed by atoms with van der Waals surface area (Å²) in [6, 6.07) is 13.6. The van der Waals surface area contributed by atoms with E-state index < -0.39 is 12.0 Å². The highest BCUT2D eigenvalue weighted by atomic mass is 32.2. The number of hydrogen-bond donors (Lipinski definition) is 2. The molecule has 0 fully saturated rings. The van der Waals surface area contributed by atoms with Gasteiger partial charge in [0.25, 0.3) is 11.1 Å². The lowest BCUT2D eigenvalue weighted by atomic mass is 10.2. The Morgan fingerprint density at radius 1 is 1.10 bits per heavy atom. The molecular weight excluding hydrogens is 396 g/mol. The van der Waals surface area contributed by atoms with Crippen molar-refractivity contribution in [1.82, 2.24) is 10.2 Å². The second kappa shape index (κ2) is 8.23. The predicted molar refractivity (Wildman–Crippen MR) is 104 cm³/mol. The van der Waals surface area contributed by atoms with E-state index in [1.165, 1.54) is 0 Å². The van der Waals surface area contributed by atoms with Crippen LogP contribution in [0.5, 0.6) is 11.5 Å². The number of aromatic nitrogens is 2. The largest absolute Gasteiger partial charge is 0.485 e. The fourth-order valence-electron chi connectivity index (χ4n) is 2.59. The van der Waals surface area contributed by atoms with E-state index in [2.05, 4.69) is 15.5 Å². The molecule has 0 radical (unpaired) electrons. The molecule has 1 aliphatic heterocycles. The van der Waals surface area contributed by atoms with E-state index in [4.69, 9.17) is 19.6 Å². The molecule has 2 amide bonds. The smallest absolute Gasteiger partial charge is 0.277 e. The second-order valence-corrected chi connectivity index (χ2v) is 6.98. The number of nitrogens with zero attached hydrogens (tertiary/aromatic N) is 2. The summed E-state index contributed by atoms with van der Waals surface area (Å²) >= 11 is 1.10. The van der Waals surface area contributed by atoms with Crippen molar-refractivity contribution in [3.05, 3.63) is 60.0 Å². The van der Waals surface area contributed by atoms with E-state index in [0.29, 0.717) is 22.7 Å². The standard InChI is InChI=1S/C19H16N4O5S/c20-17(25)11-5-7-12(8-6-11)21-16(24)10-29-19-23-22-18(28-19)15-9-26-13-3-1-2-4-14(13)27-15/h1-8,15H,9-10H2,(H2,20,25)(H,21,24)/t15-/m1/s1. The highest BCUT2D eigenvalue weighted by Gasteiger charge is 2.27. The quantitative estimate of drug-likeness (QED) is 0.591. The molecule has 3 aromatic rings. The Labute approximate surface area is 169 Å². The van der Waals surface area contributed by atoms with Crippen LogP contribution in [0.3, 0.4) is 0 Å². The minimum Gasteiger partial charge on any atom is -0.485 e. The topological polar surface area (TPSA) is 130 Å². The maximum atomic E-state index is 12.1. The van der Waals surface area contributed by atoms with Gasteiger partial charge in [-0.3, -0.25) is 9.59 Å². The highest BCUT2D eigenvalue weighted by molar-refractivity contribution is 7.99. The number of ether oxygens (including phenoxy) is 2. The third kappa shape index (κ3) is 4.49. The van der Waals surface area contributed by atoms with Crippen molar-refractivity contribution in [2.45, 2.75) is 11.3 Å². The van der Waals surface area contributed by atoms with E-state index in [0.717, 1.165) is 11.8 Å². The summed E-state index contributed by atoms with van der Waals surface area (Å²) in [5.74, 6) is 0.847. The number of amides is 2. The molecule has 1 aliphatic rings. The maximum Gasteiger partial charge on any atom is 0.277 e. The minimum absolute atomic E-state index is 0.0735. The van der Waals surface area contributed by atoms with Gasteiger partial charge < -0.3 is 24.9 Å². The van der Waals surface area contributed by atoms with Crippen molar-refractivity contribution in [3.63, 3.8) is 0 Å². The molecule has 0 saturated heterocycles. The van der Waals surface area contributed by atoms with Crippen molar-refractivity contribution in [2.24, 2.45) is 5.73 Å². The van der Waals surface area contributed by atoms with Gasteiger partial charge in [0, 0.05) is 11.3 Å². The number of anilines is 1. The summed E-state index contributed by atoms with van der Waals surface area (Å²) in [5, 5.41) is 10.9. The molecule has 0 saturated carbocycles. The van der Waals surface area contributed by atoms with Crippen LogP contribution in [0.4, 0.5) is 5.69 Å². The first-order valence-corrected chi connectivity index (χ1v) is 9.61. The van der Waals surface area contributed by atoms with Gasteiger partial charge in [0.1, 0.15) is 6.61 Å². The average Bonchev–Trinajstić information content (AvgIpc) is 3.21. The summed E-state index contributed by atoms with van der Waals surface area (Å²) in [6.45, 7) is 0.255. The lowest BCUT2D eigenvalue weighted by Crippen LogP contribution is -2.21. The van der Waals surface area contributed by atoms with Gasteiger partial charge in [0.05, 0.1) is 5.75 Å². The SMILES string of the molecule is NC(=O)c1ccc(NC(=O)CSc2nnc([C@H]3COc4ccccc4O3)o2)cc1. The number of fused-ring (bicyclic) bond motifs is 1. The van der Waals surface area contributed by atoms with Crippen molar-refractivity contribution in [2.75, 3.05) is 17.7 Å². The molecule has 10 heteroatoms. The number of nitrogens with one attached hydrogen (secondary N) is 1. The van der Waals surface area contributed by atoms with E-state index in [-0.39, 0.29) is 29.4 Å². The molecule has 29 heavy (non-hydrogen) atoms. The fourth-order valence-corrected chi connectivity index (χ4v) is 3.16. The normalized spacial score (nSPS) is 15.0. The molecule has 148 valence electrons. The lowest BCUT2D eigenvalue weighted by molar-refractivity contribution is -0.113. The first-order chi connectivity index (χ1) is 14.1. The summed E-state index contributed by atoms with van der Waals surface area (Å²) in [6.07, 6.45) is -0.510. The number of primary amides is 1. The second-order valence-electron chi connectivity index (χ2n) is 6.05. The zero-order chi connectivity index (χ0) is 20.2. The van der Waals surface area contributed by atoms with Crippen LogP contribution in [0.15, 0.2) is 58.2 Å². The highest BCUT2D eigenvalue weighted by Crippen LogP contribution is 2.35. The molecule has 2 aromatic carbocycles. The van der Waals surface area contributed by atoms with E-state index >= 15 is 0 Å². The zero-order valence-corrected chi connectivity index (χ0v) is 15.8. The molecule has 9 nitrogen and oxygen atoms in total. The zero-order valence-electron chi connectivity index (χ0n) is 15.0. The Bertz CT molecular complexity index is 1040. The molecule has 0 bridgehead atoms. The lowest BCUT2D eigenvalue weighted by Gasteiger charge is -2.23. The van der Waals surface area contributed by atoms with Gasteiger partial charge in [-0.1, -0.05) is 23.9 Å². The van der Waals surface area contributed by atoms with E-state index in [1.54, 1.807) is 30.3 Å².